The van der Waals surface area contributed by atoms with Gasteiger partial charge in [-0.1, -0.05) is 32.9 Å². The Morgan fingerprint density at radius 3 is 2.69 bits per heavy atom. The number of ketones is 1. The minimum absolute atomic E-state index is 0.0283. The number of likely N-dealkylation sites (N-methyl/N-ethyl adjacent to an activating group) is 1. The SMILES string of the molecule is CCN(CC)C(CNCC(=O)c1cccc(S(=O)(=O)N2CCCC(C)C2)c1)c1ccco1. The van der Waals surface area contributed by atoms with E-state index in [4.69, 9.17) is 4.42 Å². The minimum atomic E-state index is -3.59. The molecule has 1 aromatic carbocycles. The highest BCUT2D eigenvalue weighted by molar-refractivity contribution is 7.89. The van der Waals surface area contributed by atoms with Crippen LogP contribution in [0.15, 0.2) is 52.0 Å². The Morgan fingerprint density at radius 1 is 1.25 bits per heavy atom. The second kappa shape index (κ2) is 11.2. The second-order valence-corrected chi connectivity index (χ2v) is 10.4. The lowest BCUT2D eigenvalue weighted by atomic mass is 10.0. The van der Waals surface area contributed by atoms with Gasteiger partial charge in [0.25, 0.3) is 0 Å². The maximum Gasteiger partial charge on any atom is 0.243 e. The number of sulfonamides is 1. The van der Waals surface area contributed by atoms with Crippen LogP contribution in [-0.2, 0) is 10.0 Å². The number of nitrogens with zero attached hydrogens (tertiary/aromatic N) is 2. The van der Waals surface area contributed by atoms with E-state index >= 15 is 0 Å². The van der Waals surface area contributed by atoms with Crippen LogP contribution in [-0.4, -0.2) is 62.7 Å². The summed E-state index contributed by atoms with van der Waals surface area (Å²) >= 11 is 0. The Hall–Kier alpha value is -2.00. The van der Waals surface area contributed by atoms with Gasteiger partial charge in [-0.3, -0.25) is 9.69 Å². The van der Waals surface area contributed by atoms with E-state index in [0.29, 0.717) is 31.1 Å². The fourth-order valence-corrected chi connectivity index (χ4v) is 5.97. The van der Waals surface area contributed by atoms with E-state index in [1.165, 1.54) is 6.07 Å². The third-order valence-electron chi connectivity index (χ3n) is 6.16. The van der Waals surface area contributed by atoms with Crippen molar-refractivity contribution in [2.45, 2.75) is 44.6 Å². The van der Waals surface area contributed by atoms with E-state index in [1.807, 2.05) is 12.1 Å². The second-order valence-electron chi connectivity index (χ2n) is 8.44. The van der Waals surface area contributed by atoms with Crippen LogP contribution >= 0.6 is 0 Å². The smallest absolute Gasteiger partial charge is 0.243 e. The Bertz CT molecular complexity index is 971. The maximum absolute atomic E-state index is 13.1. The van der Waals surface area contributed by atoms with E-state index in [-0.39, 0.29) is 23.3 Å². The molecule has 0 radical (unpaired) electrons. The Labute approximate surface area is 191 Å². The average Bonchev–Trinajstić information content (AvgIpc) is 3.33. The van der Waals surface area contributed by atoms with E-state index in [0.717, 1.165) is 31.7 Å². The van der Waals surface area contributed by atoms with Gasteiger partial charge in [-0.2, -0.15) is 4.31 Å². The van der Waals surface area contributed by atoms with Crippen LogP contribution in [0.1, 0.15) is 55.8 Å². The van der Waals surface area contributed by atoms with Crippen molar-refractivity contribution in [1.82, 2.24) is 14.5 Å². The zero-order chi connectivity index (χ0) is 23.1. The molecule has 0 saturated carbocycles. The van der Waals surface area contributed by atoms with Gasteiger partial charge in [0.1, 0.15) is 5.76 Å². The molecule has 1 aromatic heterocycles. The largest absolute Gasteiger partial charge is 0.468 e. The number of benzene rings is 1. The molecule has 1 N–H and O–H groups in total. The van der Waals surface area contributed by atoms with Crippen molar-refractivity contribution in [2.24, 2.45) is 5.92 Å². The van der Waals surface area contributed by atoms with E-state index in [9.17, 15) is 13.2 Å². The third-order valence-corrected chi connectivity index (χ3v) is 8.02. The summed E-state index contributed by atoms with van der Waals surface area (Å²) in [5.41, 5.74) is 0.404. The van der Waals surface area contributed by atoms with Crippen LogP contribution < -0.4 is 5.32 Å². The van der Waals surface area contributed by atoms with Crippen LogP contribution in [0.2, 0.25) is 0 Å². The highest BCUT2D eigenvalue weighted by atomic mass is 32.2. The summed E-state index contributed by atoms with van der Waals surface area (Å²) in [6.45, 7) is 9.75. The first-order chi connectivity index (χ1) is 15.4. The normalized spacial score (nSPS) is 18.7. The lowest BCUT2D eigenvalue weighted by Gasteiger charge is -2.30. The molecule has 0 spiro atoms. The van der Waals surface area contributed by atoms with E-state index < -0.39 is 10.0 Å². The summed E-state index contributed by atoms with van der Waals surface area (Å²) < 4.78 is 33.3. The van der Waals surface area contributed by atoms with Crippen molar-refractivity contribution >= 4 is 15.8 Å². The van der Waals surface area contributed by atoms with E-state index in [1.54, 1.807) is 28.8 Å². The van der Waals surface area contributed by atoms with Crippen LogP contribution in [0.3, 0.4) is 0 Å². The number of furan rings is 1. The number of nitrogens with one attached hydrogen (secondary N) is 1. The Morgan fingerprint density at radius 2 is 2.03 bits per heavy atom. The Kier molecular flexibility index (Phi) is 8.64. The molecule has 0 aliphatic carbocycles. The standard InChI is InChI=1S/C24H35N3O4S/c1-4-26(5-2)22(24-12-8-14-31-24)16-25-17-23(28)20-10-6-11-21(15-20)32(29,30)27-13-7-9-19(3)18-27/h6,8,10-12,14-15,19,22,25H,4-5,7,9,13,16-18H2,1-3H3. The van der Waals surface area contributed by atoms with Gasteiger partial charge in [-0.15, -0.1) is 0 Å². The number of Topliss-reactive ketones (excluding diaryl/α,β-unsaturated/α-hetero) is 1. The molecule has 1 saturated heterocycles. The lowest BCUT2D eigenvalue weighted by Crippen LogP contribution is -2.39. The van der Waals surface area contributed by atoms with Gasteiger partial charge < -0.3 is 9.73 Å². The lowest BCUT2D eigenvalue weighted by molar-refractivity contribution is 0.0985. The molecule has 2 heterocycles. The zero-order valence-corrected chi connectivity index (χ0v) is 20.1. The molecule has 0 amide bonds. The fourth-order valence-electron chi connectivity index (χ4n) is 4.32. The number of hydrogen-bond acceptors (Lipinski definition) is 6. The summed E-state index contributed by atoms with van der Waals surface area (Å²) in [7, 11) is -3.59. The van der Waals surface area contributed by atoms with Crippen molar-refractivity contribution in [3.63, 3.8) is 0 Å². The Balaban J connectivity index is 1.65. The number of carbonyl (C=O) groups excluding carboxylic acids is 1. The van der Waals surface area contributed by atoms with Crippen LogP contribution in [0.5, 0.6) is 0 Å². The number of hydrogen-bond donors (Lipinski definition) is 1. The zero-order valence-electron chi connectivity index (χ0n) is 19.3. The van der Waals surface area contributed by atoms with Crippen molar-refractivity contribution < 1.29 is 17.6 Å². The average molecular weight is 462 g/mol. The van der Waals surface area contributed by atoms with Crippen molar-refractivity contribution in [2.75, 3.05) is 39.3 Å². The van der Waals surface area contributed by atoms with Crippen LogP contribution in [0, 0.1) is 5.92 Å². The van der Waals surface area contributed by atoms with Crippen LogP contribution in [0.4, 0.5) is 0 Å². The predicted octanol–water partition coefficient (Wildman–Crippen LogP) is 3.56. The van der Waals surface area contributed by atoms with Gasteiger partial charge in [0, 0.05) is 25.2 Å². The van der Waals surface area contributed by atoms with Gasteiger partial charge in [0.15, 0.2) is 5.78 Å². The summed E-state index contributed by atoms with van der Waals surface area (Å²) in [6.07, 6.45) is 3.57. The van der Waals surface area contributed by atoms with E-state index in [2.05, 4.69) is 31.0 Å². The highest BCUT2D eigenvalue weighted by Gasteiger charge is 2.29. The minimum Gasteiger partial charge on any atom is -0.468 e. The molecule has 2 atom stereocenters. The first-order valence-electron chi connectivity index (χ1n) is 11.5. The molecule has 2 unspecified atom stereocenters. The molecular weight excluding hydrogens is 426 g/mol. The molecule has 3 rings (SSSR count). The molecular formula is C24H35N3O4S. The van der Waals surface area contributed by atoms with Gasteiger partial charge in [-0.05, 0) is 56.1 Å². The van der Waals surface area contributed by atoms with Gasteiger partial charge in [0.2, 0.25) is 10.0 Å². The fraction of sp³-hybridized carbons (Fsp3) is 0.542. The monoisotopic (exact) mass is 461 g/mol. The first kappa shape index (κ1) is 24.6. The molecule has 1 fully saturated rings. The van der Waals surface area contributed by atoms with Gasteiger partial charge in [-0.25, -0.2) is 8.42 Å². The summed E-state index contributed by atoms with van der Waals surface area (Å²) in [6, 6.07) is 10.2. The number of piperidine rings is 1. The first-order valence-corrected chi connectivity index (χ1v) is 12.9. The summed E-state index contributed by atoms with van der Waals surface area (Å²) in [5.74, 6) is 1.07. The summed E-state index contributed by atoms with van der Waals surface area (Å²) in [5, 5.41) is 3.24. The molecule has 176 valence electrons. The number of rotatable bonds is 11. The van der Waals surface area contributed by atoms with Crippen molar-refractivity contribution in [3.05, 3.63) is 54.0 Å². The molecule has 32 heavy (non-hydrogen) atoms. The van der Waals surface area contributed by atoms with Crippen molar-refractivity contribution in [3.8, 4) is 0 Å². The van der Waals surface area contributed by atoms with Crippen molar-refractivity contribution in [1.29, 1.82) is 0 Å². The predicted molar refractivity (Wildman–Crippen MR) is 125 cm³/mol. The molecule has 1 aliphatic rings. The van der Waals surface area contributed by atoms with Crippen LogP contribution in [0.25, 0.3) is 0 Å². The van der Waals surface area contributed by atoms with Gasteiger partial charge in [0.05, 0.1) is 23.7 Å². The molecule has 2 aromatic rings. The quantitative estimate of drug-likeness (QED) is 0.515. The molecule has 1 aliphatic heterocycles. The number of carbonyl (C=O) groups is 1. The topological polar surface area (TPSA) is 82.9 Å². The highest BCUT2D eigenvalue weighted by Crippen LogP contribution is 2.24. The molecule has 0 bridgehead atoms. The van der Waals surface area contributed by atoms with Gasteiger partial charge >= 0.3 is 0 Å². The third kappa shape index (κ3) is 5.86. The maximum atomic E-state index is 13.1. The molecule has 8 heteroatoms. The summed E-state index contributed by atoms with van der Waals surface area (Å²) in [4.78, 5) is 15.3. The molecule has 7 nitrogen and oxygen atoms in total.